The predicted molar refractivity (Wildman–Crippen MR) is 123 cm³/mol. The Morgan fingerprint density at radius 2 is 1.94 bits per heavy atom. The maximum Gasteiger partial charge on any atom is 0.481 e. The summed E-state index contributed by atoms with van der Waals surface area (Å²) in [6, 6.07) is 9.47. The first-order valence-electron chi connectivity index (χ1n) is 9.43. The van der Waals surface area contributed by atoms with Crippen molar-refractivity contribution in [3.05, 3.63) is 63.0 Å². The van der Waals surface area contributed by atoms with E-state index in [1.807, 2.05) is 0 Å². The molecule has 3 aromatic rings. The Labute approximate surface area is 197 Å². The molecule has 13 nitrogen and oxygen atoms in total. The molecule has 1 atom stereocenters. The summed E-state index contributed by atoms with van der Waals surface area (Å²) in [6.45, 7) is -0.0646. The Morgan fingerprint density at radius 1 is 1.18 bits per heavy atom. The molecular weight excluding hydrogens is 516 g/mol. The second kappa shape index (κ2) is 10.8. The average Bonchev–Trinajstić information content (AvgIpc) is 3.19. The van der Waals surface area contributed by atoms with Gasteiger partial charge in [-0.25, -0.2) is 14.1 Å². The quantitative estimate of drug-likeness (QED) is 0.116. The van der Waals surface area contributed by atoms with E-state index < -0.39 is 20.6 Å². The number of nitro groups is 1. The van der Waals surface area contributed by atoms with Crippen molar-refractivity contribution < 1.29 is 42.0 Å². The van der Waals surface area contributed by atoms with E-state index in [1.54, 1.807) is 30.3 Å². The standard InChI is InChI=1S/C18H18ClN3O10P2/c19-12-2-6-15-16(20-8-1-9-30-34(28,29)32-33(25,26)27)11-13(21-17(15)10-12)3-4-14-5-7-18(31-14)22(23)24/h2-7,10-11H,1,8-9H2,(H,20,21)(H,28,29)(H2,25,26,27)/b4-3+. The van der Waals surface area contributed by atoms with E-state index in [0.717, 1.165) is 5.39 Å². The number of anilines is 1. The molecule has 3 rings (SSSR count). The van der Waals surface area contributed by atoms with Gasteiger partial charge in [-0.2, -0.15) is 4.31 Å². The summed E-state index contributed by atoms with van der Waals surface area (Å²) in [5, 5.41) is 15.1. The van der Waals surface area contributed by atoms with E-state index in [-0.39, 0.29) is 31.2 Å². The van der Waals surface area contributed by atoms with Crippen LogP contribution in [-0.2, 0) is 18.0 Å². The molecular formula is C18H18ClN3O10P2. The maximum atomic E-state index is 11.5. The van der Waals surface area contributed by atoms with Crippen LogP contribution in [0.1, 0.15) is 17.9 Å². The highest BCUT2D eigenvalue weighted by molar-refractivity contribution is 7.60. The topological polar surface area (TPSA) is 194 Å². The summed E-state index contributed by atoms with van der Waals surface area (Å²) >= 11 is 6.07. The van der Waals surface area contributed by atoms with Crippen molar-refractivity contribution in [2.75, 3.05) is 18.5 Å². The SMILES string of the molecule is O=[N+]([O-])c1ccc(/C=C/c2cc(NCCCOP(=O)(O)OP(=O)(O)O)c3ccc(Cl)cc3n2)o1. The van der Waals surface area contributed by atoms with Crippen LogP contribution in [0.15, 0.2) is 40.8 Å². The van der Waals surface area contributed by atoms with Gasteiger partial charge in [-0.15, -0.1) is 0 Å². The number of fused-ring (bicyclic) bond motifs is 1. The molecule has 0 aliphatic carbocycles. The van der Waals surface area contributed by atoms with Crippen LogP contribution in [-0.4, -0.2) is 37.7 Å². The zero-order valence-electron chi connectivity index (χ0n) is 17.1. The Morgan fingerprint density at radius 3 is 2.62 bits per heavy atom. The number of halogens is 1. The van der Waals surface area contributed by atoms with E-state index in [4.69, 9.17) is 25.8 Å². The first-order valence-corrected chi connectivity index (χ1v) is 12.8. The van der Waals surface area contributed by atoms with Crippen LogP contribution in [0.4, 0.5) is 11.6 Å². The molecule has 1 unspecified atom stereocenters. The highest BCUT2D eigenvalue weighted by Crippen LogP contribution is 2.57. The first-order chi connectivity index (χ1) is 15.9. The van der Waals surface area contributed by atoms with Gasteiger partial charge in [0.15, 0.2) is 0 Å². The molecule has 16 heteroatoms. The number of nitrogens with one attached hydrogen (secondary N) is 1. The van der Waals surface area contributed by atoms with Gasteiger partial charge in [0.25, 0.3) is 0 Å². The van der Waals surface area contributed by atoms with Crippen LogP contribution < -0.4 is 5.32 Å². The van der Waals surface area contributed by atoms with Gasteiger partial charge in [-0.1, -0.05) is 11.6 Å². The lowest BCUT2D eigenvalue weighted by Crippen LogP contribution is -2.06. The summed E-state index contributed by atoms with van der Waals surface area (Å²) in [4.78, 5) is 41.1. The monoisotopic (exact) mass is 533 g/mol. The lowest BCUT2D eigenvalue weighted by atomic mass is 10.1. The fourth-order valence-electron chi connectivity index (χ4n) is 2.78. The fraction of sp³-hybridized carbons (Fsp3) is 0.167. The molecule has 0 saturated carbocycles. The molecule has 0 aliphatic heterocycles. The van der Waals surface area contributed by atoms with Crippen LogP contribution in [0.25, 0.3) is 23.1 Å². The van der Waals surface area contributed by atoms with Crippen molar-refractivity contribution in [3.63, 3.8) is 0 Å². The van der Waals surface area contributed by atoms with E-state index >= 15 is 0 Å². The molecule has 0 fully saturated rings. The number of nitrogens with zero attached hydrogens (tertiary/aromatic N) is 2. The Bertz CT molecular complexity index is 1320. The van der Waals surface area contributed by atoms with Crippen LogP contribution in [0, 0.1) is 10.1 Å². The van der Waals surface area contributed by atoms with E-state index in [0.29, 0.717) is 21.9 Å². The Hall–Kier alpha value is -2.60. The minimum atomic E-state index is -5.18. The third kappa shape index (κ3) is 7.73. The molecule has 1 aromatic carbocycles. The number of hydrogen-bond acceptors (Lipinski definition) is 9. The van der Waals surface area contributed by atoms with Crippen molar-refractivity contribution in [2.24, 2.45) is 0 Å². The maximum absolute atomic E-state index is 11.5. The highest BCUT2D eigenvalue weighted by atomic mass is 35.5. The molecule has 0 saturated heterocycles. The minimum Gasteiger partial charge on any atom is -0.401 e. The summed E-state index contributed by atoms with van der Waals surface area (Å²) in [6.07, 6.45) is 3.30. The average molecular weight is 534 g/mol. The zero-order chi connectivity index (χ0) is 24.9. The lowest BCUT2D eigenvalue weighted by molar-refractivity contribution is -0.402. The van der Waals surface area contributed by atoms with Gasteiger partial charge in [-0.3, -0.25) is 14.6 Å². The number of furan rings is 1. The molecule has 0 radical (unpaired) electrons. The fourth-order valence-corrected chi connectivity index (χ4v) is 4.57. The number of phosphoric acid groups is 2. The zero-order valence-corrected chi connectivity index (χ0v) is 19.7. The second-order valence-electron chi connectivity index (χ2n) is 6.68. The molecule has 0 spiro atoms. The Kier molecular flexibility index (Phi) is 8.24. The van der Waals surface area contributed by atoms with Crippen molar-refractivity contribution in [3.8, 4) is 0 Å². The normalized spacial score (nSPS) is 13.9. The number of benzene rings is 1. The number of phosphoric ester groups is 1. The van der Waals surface area contributed by atoms with Gasteiger partial charge in [0.1, 0.15) is 10.7 Å². The highest BCUT2D eigenvalue weighted by Gasteiger charge is 2.31. The van der Waals surface area contributed by atoms with E-state index in [1.165, 1.54) is 18.2 Å². The summed E-state index contributed by atoms with van der Waals surface area (Å²) in [7, 11) is -10.1. The van der Waals surface area contributed by atoms with Gasteiger partial charge < -0.3 is 24.4 Å². The number of aromatic nitrogens is 1. The van der Waals surface area contributed by atoms with Gasteiger partial charge >= 0.3 is 21.5 Å². The van der Waals surface area contributed by atoms with Gasteiger partial charge in [0, 0.05) is 22.6 Å². The molecule has 2 heterocycles. The number of rotatable bonds is 11. The molecule has 0 bridgehead atoms. The predicted octanol–water partition coefficient (Wildman–Crippen LogP) is 4.59. The first kappa shape index (κ1) is 26.0. The number of hydrogen-bond donors (Lipinski definition) is 4. The van der Waals surface area contributed by atoms with E-state index in [9.17, 15) is 24.1 Å². The van der Waals surface area contributed by atoms with Gasteiger partial charge in [0.05, 0.1) is 23.9 Å². The van der Waals surface area contributed by atoms with Crippen molar-refractivity contribution in [1.29, 1.82) is 0 Å². The lowest BCUT2D eigenvalue weighted by Gasteiger charge is -2.13. The molecule has 2 aromatic heterocycles. The van der Waals surface area contributed by atoms with Gasteiger partial charge in [-0.05, 0) is 48.9 Å². The minimum absolute atomic E-state index is 0.188. The third-order valence-corrected chi connectivity index (χ3v) is 6.52. The third-order valence-electron chi connectivity index (χ3n) is 4.10. The Balaban J connectivity index is 1.71. The molecule has 34 heavy (non-hydrogen) atoms. The smallest absolute Gasteiger partial charge is 0.401 e. The van der Waals surface area contributed by atoms with Crippen LogP contribution in [0.3, 0.4) is 0 Å². The van der Waals surface area contributed by atoms with Crippen LogP contribution in [0.2, 0.25) is 5.02 Å². The van der Waals surface area contributed by atoms with E-state index in [2.05, 4.69) is 19.1 Å². The summed E-state index contributed by atoms with van der Waals surface area (Å²) in [5.41, 5.74) is 1.70. The second-order valence-corrected chi connectivity index (χ2v) is 9.94. The molecule has 0 amide bonds. The van der Waals surface area contributed by atoms with Crippen LogP contribution >= 0.6 is 27.2 Å². The molecule has 4 N–H and O–H groups in total. The number of pyridine rings is 1. The summed E-state index contributed by atoms with van der Waals surface area (Å²) < 4.78 is 35.5. The molecule has 182 valence electrons. The summed E-state index contributed by atoms with van der Waals surface area (Å²) in [5.74, 6) is -0.126. The molecule has 0 aliphatic rings. The van der Waals surface area contributed by atoms with Gasteiger partial charge in [0.2, 0.25) is 0 Å². The van der Waals surface area contributed by atoms with Crippen LogP contribution in [0.5, 0.6) is 0 Å². The van der Waals surface area contributed by atoms with Crippen molar-refractivity contribution in [2.45, 2.75) is 6.42 Å². The largest absolute Gasteiger partial charge is 0.481 e. The van der Waals surface area contributed by atoms with Crippen molar-refractivity contribution in [1.82, 2.24) is 4.98 Å². The van der Waals surface area contributed by atoms with Crippen molar-refractivity contribution >= 4 is 61.9 Å².